The zero-order valence-electron chi connectivity index (χ0n) is 14.2. The summed E-state index contributed by atoms with van der Waals surface area (Å²) < 4.78 is 5.28. The number of anilines is 1. The molecule has 1 fully saturated rings. The summed E-state index contributed by atoms with van der Waals surface area (Å²) in [5, 5.41) is 2.66. The summed E-state index contributed by atoms with van der Waals surface area (Å²) in [5.41, 5.74) is 2.13. The number of hydrogen-bond acceptors (Lipinski definition) is 4. The second-order valence-electron chi connectivity index (χ2n) is 7.11. The van der Waals surface area contributed by atoms with Gasteiger partial charge >= 0.3 is 6.09 Å². The smallest absolute Gasteiger partial charge is 0.414 e. The molecule has 1 saturated heterocycles. The molecule has 1 unspecified atom stereocenters. The highest BCUT2D eigenvalue weighted by molar-refractivity contribution is 6.03. The normalized spacial score (nSPS) is 22.1. The van der Waals surface area contributed by atoms with Crippen LogP contribution >= 0.6 is 0 Å². The number of amides is 2. The lowest BCUT2D eigenvalue weighted by atomic mass is 9.73. The topological polar surface area (TPSA) is 75.7 Å². The minimum absolute atomic E-state index is 0.153. The van der Waals surface area contributed by atoms with Crippen LogP contribution in [0.3, 0.4) is 0 Å². The molecule has 1 heterocycles. The third-order valence-corrected chi connectivity index (χ3v) is 4.73. The Morgan fingerprint density at radius 2 is 2.12 bits per heavy atom. The van der Waals surface area contributed by atoms with Gasteiger partial charge in [0.15, 0.2) is 5.78 Å². The van der Waals surface area contributed by atoms with Crippen LogP contribution in [0.25, 0.3) is 0 Å². The van der Waals surface area contributed by atoms with Crippen molar-refractivity contribution >= 4 is 23.5 Å². The average Bonchev–Trinajstić information content (AvgIpc) is 2.90. The van der Waals surface area contributed by atoms with E-state index in [2.05, 4.69) is 5.32 Å². The van der Waals surface area contributed by atoms with Crippen molar-refractivity contribution in [2.75, 3.05) is 18.0 Å². The van der Waals surface area contributed by atoms with Crippen LogP contribution in [0.4, 0.5) is 10.5 Å². The highest BCUT2D eigenvalue weighted by Gasteiger charge is 2.36. The molecular formula is C18H22N2O4. The monoisotopic (exact) mass is 330 g/mol. The number of Topliss-reactive ketones (excluding diaryl/α,β-unsaturated/α-hetero) is 1. The molecule has 3 rings (SSSR count). The molecule has 0 radical (unpaired) electrons. The first-order chi connectivity index (χ1) is 11.3. The SMILES string of the molecule is CC(=O)NCC1CN(c2ccc3c(c2)CCC(C)(C)C3=O)C(=O)O1. The van der Waals surface area contributed by atoms with Crippen LogP contribution in [0.2, 0.25) is 0 Å². The van der Waals surface area contributed by atoms with Crippen molar-refractivity contribution in [3.63, 3.8) is 0 Å². The summed E-state index contributed by atoms with van der Waals surface area (Å²) in [6, 6.07) is 5.51. The van der Waals surface area contributed by atoms with Gasteiger partial charge in [0.05, 0.1) is 13.1 Å². The first kappa shape index (κ1) is 16.5. The van der Waals surface area contributed by atoms with Gasteiger partial charge in [0.1, 0.15) is 6.10 Å². The standard InChI is InChI=1S/C18H22N2O4/c1-11(21)19-9-14-10-20(17(23)24-14)13-4-5-15-12(8-13)6-7-18(2,3)16(15)22/h4-5,8,14H,6-7,9-10H2,1-3H3,(H,19,21). The highest BCUT2D eigenvalue weighted by atomic mass is 16.6. The van der Waals surface area contributed by atoms with E-state index in [4.69, 9.17) is 4.74 Å². The fourth-order valence-electron chi connectivity index (χ4n) is 3.20. The molecule has 1 aliphatic carbocycles. The maximum Gasteiger partial charge on any atom is 0.414 e. The van der Waals surface area contributed by atoms with E-state index in [1.807, 2.05) is 26.0 Å². The second-order valence-corrected chi connectivity index (χ2v) is 7.11. The van der Waals surface area contributed by atoms with Gasteiger partial charge in [-0.15, -0.1) is 0 Å². The van der Waals surface area contributed by atoms with Gasteiger partial charge in [0.25, 0.3) is 0 Å². The molecule has 2 amide bonds. The molecule has 0 spiro atoms. The summed E-state index contributed by atoms with van der Waals surface area (Å²) in [6.45, 7) is 6.05. The van der Waals surface area contributed by atoms with E-state index in [1.54, 1.807) is 11.0 Å². The molecule has 1 atom stereocenters. The van der Waals surface area contributed by atoms with E-state index in [1.165, 1.54) is 6.92 Å². The van der Waals surface area contributed by atoms with Gasteiger partial charge < -0.3 is 10.1 Å². The second kappa shape index (κ2) is 5.92. The zero-order chi connectivity index (χ0) is 17.5. The van der Waals surface area contributed by atoms with E-state index in [0.717, 1.165) is 29.7 Å². The number of hydrogen-bond donors (Lipinski definition) is 1. The van der Waals surface area contributed by atoms with Gasteiger partial charge in [0, 0.05) is 23.6 Å². The molecule has 1 aliphatic heterocycles. The van der Waals surface area contributed by atoms with Gasteiger partial charge in [-0.3, -0.25) is 14.5 Å². The number of cyclic esters (lactones) is 1. The van der Waals surface area contributed by atoms with E-state index >= 15 is 0 Å². The molecule has 0 aromatic heterocycles. The summed E-state index contributed by atoms with van der Waals surface area (Å²) in [7, 11) is 0. The van der Waals surface area contributed by atoms with E-state index in [-0.39, 0.29) is 23.2 Å². The minimum Gasteiger partial charge on any atom is -0.442 e. The van der Waals surface area contributed by atoms with Gasteiger partial charge in [0.2, 0.25) is 5.91 Å². The molecule has 1 N–H and O–H groups in total. The highest BCUT2D eigenvalue weighted by Crippen LogP contribution is 2.36. The van der Waals surface area contributed by atoms with E-state index in [0.29, 0.717) is 13.1 Å². The maximum absolute atomic E-state index is 12.5. The quantitative estimate of drug-likeness (QED) is 0.923. The van der Waals surface area contributed by atoms with Gasteiger partial charge in [-0.05, 0) is 36.6 Å². The molecule has 24 heavy (non-hydrogen) atoms. The third kappa shape index (κ3) is 3.00. The Hall–Kier alpha value is -2.37. The van der Waals surface area contributed by atoms with Gasteiger partial charge in [-0.2, -0.15) is 0 Å². The van der Waals surface area contributed by atoms with Crippen molar-refractivity contribution in [2.45, 2.75) is 39.7 Å². The Morgan fingerprint density at radius 1 is 1.38 bits per heavy atom. The number of carbonyl (C=O) groups excluding carboxylic acids is 3. The summed E-state index contributed by atoms with van der Waals surface area (Å²) in [6.07, 6.45) is 0.837. The third-order valence-electron chi connectivity index (χ3n) is 4.73. The maximum atomic E-state index is 12.5. The number of ether oxygens (including phenoxy) is 1. The van der Waals surface area contributed by atoms with Crippen molar-refractivity contribution in [3.05, 3.63) is 29.3 Å². The van der Waals surface area contributed by atoms with Crippen molar-refractivity contribution < 1.29 is 19.1 Å². The lowest BCUT2D eigenvalue weighted by Gasteiger charge is -2.30. The predicted octanol–water partition coefficient (Wildman–Crippen LogP) is 2.30. The number of carbonyl (C=O) groups is 3. The minimum atomic E-state index is -0.423. The van der Waals surface area contributed by atoms with Crippen LogP contribution < -0.4 is 10.2 Å². The first-order valence-corrected chi connectivity index (χ1v) is 8.18. The van der Waals surface area contributed by atoms with Crippen molar-refractivity contribution in [2.24, 2.45) is 5.41 Å². The molecule has 0 saturated carbocycles. The van der Waals surface area contributed by atoms with Crippen LogP contribution in [0.1, 0.15) is 43.1 Å². The first-order valence-electron chi connectivity index (χ1n) is 8.18. The van der Waals surface area contributed by atoms with Crippen LogP contribution in [0, 0.1) is 5.41 Å². The Balaban J connectivity index is 1.78. The molecule has 0 bridgehead atoms. The fourth-order valence-corrected chi connectivity index (χ4v) is 3.20. The number of rotatable bonds is 3. The number of nitrogens with one attached hydrogen (secondary N) is 1. The molecule has 1 aromatic carbocycles. The number of ketones is 1. The molecule has 1 aromatic rings. The molecular weight excluding hydrogens is 308 g/mol. The Bertz CT molecular complexity index is 711. The largest absolute Gasteiger partial charge is 0.442 e. The molecule has 128 valence electrons. The van der Waals surface area contributed by atoms with Gasteiger partial charge in [-0.25, -0.2) is 4.79 Å². The predicted molar refractivity (Wildman–Crippen MR) is 89.2 cm³/mol. The van der Waals surface area contributed by atoms with Crippen LogP contribution in [0.15, 0.2) is 18.2 Å². The Labute approximate surface area is 141 Å². The zero-order valence-corrected chi connectivity index (χ0v) is 14.2. The molecule has 6 heteroatoms. The number of benzene rings is 1. The van der Waals surface area contributed by atoms with Crippen molar-refractivity contribution in [1.29, 1.82) is 0 Å². The molecule has 2 aliphatic rings. The fraction of sp³-hybridized carbons (Fsp3) is 0.500. The summed E-state index contributed by atoms with van der Waals surface area (Å²) in [5.74, 6) is 0.00207. The lowest BCUT2D eigenvalue weighted by molar-refractivity contribution is -0.119. The van der Waals surface area contributed by atoms with Crippen LogP contribution in [0.5, 0.6) is 0 Å². The van der Waals surface area contributed by atoms with E-state index in [9.17, 15) is 14.4 Å². The van der Waals surface area contributed by atoms with Crippen molar-refractivity contribution in [3.8, 4) is 0 Å². The van der Waals surface area contributed by atoms with Crippen LogP contribution in [-0.2, 0) is 16.0 Å². The number of aryl methyl sites for hydroxylation is 1. The molecule has 6 nitrogen and oxygen atoms in total. The number of nitrogens with zero attached hydrogens (tertiary/aromatic N) is 1. The summed E-state index contributed by atoms with van der Waals surface area (Å²) in [4.78, 5) is 37.1. The Kier molecular flexibility index (Phi) is 4.07. The van der Waals surface area contributed by atoms with Crippen molar-refractivity contribution in [1.82, 2.24) is 5.32 Å². The van der Waals surface area contributed by atoms with E-state index < -0.39 is 6.09 Å². The average molecular weight is 330 g/mol. The lowest BCUT2D eigenvalue weighted by Crippen LogP contribution is -2.33. The number of fused-ring (bicyclic) bond motifs is 1. The van der Waals surface area contributed by atoms with Gasteiger partial charge in [-0.1, -0.05) is 13.8 Å². The summed E-state index contributed by atoms with van der Waals surface area (Å²) >= 11 is 0. The van der Waals surface area contributed by atoms with Crippen LogP contribution in [-0.4, -0.2) is 37.0 Å². The Morgan fingerprint density at radius 3 is 2.83 bits per heavy atom.